The first-order chi connectivity index (χ1) is 12.9. The Bertz CT molecular complexity index is 1040. The van der Waals surface area contributed by atoms with Crippen LogP contribution in [0.5, 0.6) is 0 Å². The quantitative estimate of drug-likeness (QED) is 0.584. The molecule has 0 aliphatic heterocycles. The highest BCUT2D eigenvalue weighted by molar-refractivity contribution is 7.14. The van der Waals surface area contributed by atoms with E-state index in [4.69, 9.17) is 23.2 Å². The van der Waals surface area contributed by atoms with Crippen LogP contribution >= 0.6 is 34.5 Å². The number of H-pyrrole nitrogens is 1. The Labute approximate surface area is 167 Å². The van der Waals surface area contributed by atoms with Gasteiger partial charge in [-0.15, -0.1) is 11.3 Å². The molecule has 10 heteroatoms. The average molecular weight is 423 g/mol. The molecule has 0 radical (unpaired) electrons. The van der Waals surface area contributed by atoms with Crippen molar-refractivity contribution in [1.82, 2.24) is 9.97 Å². The van der Waals surface area contributed by atoms with Gasteiger partial charge < -0.3 is 10.3 Å². The summed E-state index contributed by atoms with van der Waals surface area (Å²) in [4.78, 5) is 41.9. The Hall–Kier alpha value is -2.68. The van der Waals surface area contributed by atoms with E-state index in [-0.39, 0.29) is 17.9 Å². The fraction of sp³-hybridized carbons (Fsp3) is 0.0588. The van der Waals surface area contributed by atoms with Crippen LogP contribution in [0.4, 0.5) is 10.8 Å². The van der Waals surface area contributed by atoms with Gasteiger partial charge in [0.1, 0.15) is 0 Å². The van der Waals surface area contributed by atoms with E-state index in [0.717, 1.165) is 0 Å². The lowest BCUT2D eigenvalue weighted by Gasteiger charge is -2.05. The Morgan fingerprint density at radius 2 is 1.93 bits per heavy atom. The highest BCUT2D eigenvalue weighted by atomic mass is 35.5. The molecule has 0 atom stereocenters. The van der Waals surface area contributed by atoms with Gasteiger partial charge in [0.05, 0.1) is 27.7 Å². The van der Waals surface area contributed by atoms with Gasteiger partial charge in [-0.05, 0) is 24.3 Å². The smallest absolute Gasteiger partial charge is 0.258 e. The molecule has 138 valence electrons. The second-order valence-electron chi connectivity index (χ2n) is 5.39. The number of nitrogens with zero attached hydrogens (tertiary/aromatic N) is 1. The molecule has 0 unspecified atom stereocenters. The predicted octanol–water partition coefficient (Wildman–Crippen LogP) is 3.57. The maximum atomic E-state index is 12.1. The molecule has 7 nitrogen and oxygen atoms in total. The molecule has 3 rings (SSSR count). The Morgan fingerprint density at radius 3 is 2.63 bits per heavy atom. The number of rotatable bonds is 5. The van der Waals surface area contributed by atoms with Crippen LogP contribution in [0.1, 0.15) is 16.1 Å². The fourth-order valence-corrected chi connectivity index (χ4v) is 3.11. The first-order valence-corrected chi connectivity index (χ1v) is 9.23. The van der Waals surface area contributed by atoms with Gasteiger partial charge in [-0.25, -0.2) is 4.98 Å². The summed E-state index contributed by atoms with van der Waals surface area (Å²) in [7, 11) is 0. The molecule has 0 saturated carbocycles. The van der Waals surface area contributed by atoms with Crippen LogP contribution in [0.3, 0.4) is 0 Å². The molecule has 2 heterocycles. The van der Waals surface area contributed by atoms with E-state index in [1.54, 1.807) is 23.6 Å². The van der Waals surface area contributed by atoms with Gasteiger partial charge >= 0.3 is 0 Å². The number of pyridine rings is 1. The summed E-state index contributed by atoms with van der Waals surface area (Å²) < 4.78 is 0. The number of thiazole rings is 1. The summed E-state index contributed by atoms with van der Waals surface area (Å²) in [5.74, 6) is -0.690. The molecule has 0 aliphatic carbocycles. The van der Waals surface area contributed by atoms with Gasteiger partial charge in [0.2, 0.25) is 11.5 Å². The number of halogens is 2. The molecule has 0 spiro atoms. The summed E-state index contributed by atoms with van der Waals surface area (Å²) in [5, 5.41) is 8.09. The van der Waals surface area contributed by atoms with Gasteiger partial charge in [-0.3, -0.25) is 19.7 Å². The summed E-state index contributed by atoms with van der Waals surface area (Å²) in [6.07, 6.45) is 1.35. The number of hydrogen-bond donors (Lipinski definition) is 3. The van der Waals surface area contributed by atoms with Crippen LogP contribution in [-0.4, -0.2) is 21.8 Å². The standard InChI is InChI=1S/C17H12Cl2N4O3S/c18-12-3-2-10(5-13(12)19)21-15(25)6-11-8-27-17(22-11)23-16(26)9-1-4-14(24)20-7-9/h1-5,7-8H,6H2,(H,20,24)(H,21,25)(H,22,23,26). The normalized spacial score (nSPS) is 10.4. The van der Waals surface area contributed by atoms with Gasteiger partial charge in [0.25, 0.3) is 5.91 Å². The second-order valence-corrected chi connectivity index (χ2v) is 7.07. The molecular formula is C17H12Cl2N4O3S. The monoisotopic (exact) mass is 422 g/mol. The minimum atomic E-state index is -0.410. The van der Waals surface area contributed by atoms with Crippen molar-refractivity contribution in [2.24, 2.45) is 0 Å². The number of aromatic nitrogens is 2. The fourth-order valence-electron chi connectivity index (χ4n) is 2.11. The molecule has 3 N–H and O–H groups in total. The van der Waals surface area contributed by atoms with E-state index >= 15 is 0 Å². The molecule has 27 heavy (non-hydrogen) atoms. The van der Waals surface area contributed by atoms with Gasteiger partial charge in [-0.1, -0.05) is 23.2 Å². The zero-order chi connectivity index (χ0) is 19.4. The van der Waals surface area contributed by atoms with Crippen molar-refractivity contribution < 1.29 is 9.59 Å². The minimum absolute atomic E-state index is 0.0330. The Morgan fingerprint density at radius 1 is 1.11 bits per heavy atom. The number of nitrogens with one attached hydrogen (secondary N) is 3. The van der Waals surface area contributed by atoms with Crippen molar-refractivity contribution in [3.8, 4) is 0 Å². The Balaban J connectivity index is 1.59. The van der Waals surface area contributed by atoms with Crippen molar-refractivity contribution in [3.63, 3.8) is 0 Å². The number of hydrogen-bond acceptors (Lipinski definition) is 5. The third-order valence-corrected chi connectivity index (χ3v) is 4.91. The summed E-state index contributed by atoms with van der Waals surface area (Å²) >= 11 is 12.9. The molecule has 0 aliphatic rings. The molecule has 0 fully saturated rings. The minimum Gasteiger partial charge on any atom is -0.328 e. The highest BCUT2D eigenvalue weighted by Crippen LogP contribution is 2.25. The topological polar surface area (TPSA) is 104 Å². The molecule has 0 saturated heterocycles. The first kappa shape index (κ1) is 19.1. The van der Waals surface area contributed by atoms with Crippen molar-refractivity contribution in [2.45, 2.75) is 6.42 Å². The molecule has 1 aromatic carbocycles. The summed E-state index contributed by atoms with van der Waals surface area (Å²) in [5.41, 5.74) is 1.03. The lowest BCUT2D eigenvalue weighted by Crippen LogP contribution is -2.16. The lowest BCUT2D eigenvalue weighted by molar-refractivity contribution is -0.115. The van der Waals surface area contributed by atoms with Crippen LogP contribution in [0.25, 0.3) is 0 Å². The van der Waals surface area contributed by atoms with E-state index in [0.29, 0.717) is 32.1 Å². The summed E-state index contributed by atoms with van der Waals surface area (Å²) in [6.45, 7) is 0. The van der Waals surface area contributed by atoms with Gasteiger partial charge in [-0.2, -0.15) is 0 Å². The largest absolute Gasteiger partial charge is 0.328 e. The zero-order valence-corrected chi connectivity index (χ0v) is 15.9. The maximum Gasteiger partial charge on any atom is 0.258 e. The third-order valence-electron chi connectivity index (χ3n) is 3.36. The van der Waals surface area contributed by atoms with E-state index in [1.807, 2.05) is 0 Å². The van der Waals surface area contributed by atoms with Crippen LogP contribution in [0.15, 0.2) is 46.7 Å². The predicted molar refractivity (Wildman–Crippen MR) is 106 cm³/mol. The third kappa shape index (κ3) is 5.16. The number of carbonyl (C=O) groups is 2. The molecule has 2 amide bonds. The van der Waals surface area contributed by atoms with Gasteiger partial charge in [0.15, 0.2) is 5.13 Å². The number of amides is 2. The zero-order valence-electron chi connectivity index (χ0n) is 13.6. The van der Waals surface area contributed by atoms with Crippen molar-refractivity contribution in [2.75, 3.05) is 10.6 Å². The Kier molecular flexibility index (Phi) is 5.90. The molecule has 2 aromatic heterocycles. The van der Waals surface area contributed by atoms with E-state index < -0.39 is 5.91 Å². The number of benzene rings is 1. The maximum absolute atomic E-state index is 12.1. The second kappa shape index (κ2) is 8.34. The van der Waals surface area contributed by atoms with E-state index in [1.165, 1.54) is 29.7 Å². The number of anilines is 2. The molecule has 0 bridgehead atoms. The van der Waals surface area contributed by atoms with E-state index in [9.17, 15) is 14.4 Å². The first-order valence-electron chi connectivity index (χ1n) is 7.60. The average Bonchev–Trinajstić information content (AvgIpc) is 3.05. The van der Waals surface area contributed by atoms with Crippen LogP contribution < -0.4 is 16.2 Å². The lowest BCUT2D eigenvalue weighted by atomic mass is 10.3. The van der Waals surface area contributed by atoms with Crippen LogP contribution in [-0.2, 0) is 11.2 Å². The molecular weight excluding hydrogens is 411 g/mol. The highest BCUT2D eigenvalue weighted by Gasteiger charge is 2.12. The van der Waals surface area contributed by atoms with Crippen LogP contribution in [0, 0.1) is 0 Å². The number of aromatic amines is 1. The molecule has 3 aromatic rings. The van der Waals surface area contributed by atoms with Crippen molar-refractivity contribution in [1.29, 1.82) is 0 Å². The van der Waals surface area contributed by atoms with Crippen molar-refractivity contribution in [3.05, 3.63) is 73.6 Å². The van der Waals surface area contributed by atoms with Crippen LogP contribution in [0.2, 0.25) is 10.0 Å². The van der Waals surface area contributed by atoms with E-state index in [2.05, 4.69) is 20.6 Å². The number of carbonyl (C=O) groups excluding carboxylic acids is 2. The van der Waals surface area contributed by atoms with Gasteiger partial charge in [0, 0.05) is 23.3 Å². The van der Waals surface area contributed by atoms with Crippen molar-refractivity contribution >= 4 is 57.2 Å². The SMILES string of the molecule is O=C(Cc1csc(NC(=O)c2ccc(=O)[nH]c2)n1)Nc1ccc(Cl)c(Cl)c1. The summed E-state index contributed by atoms with van der Waals surface area (Å²) in [6, 6.07) is 7.46.